The predicted molar refractivity (Wildman–Crippen MR) is 117 cm³/mol. The van der Waals surface area contributed by atoms with Gasteiger partial charge in [-0.3, -0.25) is 4.79 Å². The molecule has 2 aromatic rings. The lowest BCUT2D eigenvalue weighted by molar-refractivity contribution is 0.100. The number of aromatic nitrogens is 1. The van der Waals surface area contributed by atoms with Gasteiger partial charge >= 0.3 is 0 Å². The Morgan fingerprint density at radius 1 is 1.25 bits per heavy atom. The zero-order chi connectivity index (χ0) is 20.5. The summed E-state index contributed by atoms with van der Waals surface area (Å²) in [5.74, 6) is 0.765. The number of fused-ring (bicyclic) bond motifs is 1. The lowest BCUT2D eigenvalue weighted by Gasteiger charge is -2.31. The Morgan fingerprint density at radius 3 is 2.50 bits per heavy atom. The standard InChI is InChI=1S/C20H29N3O3S2/c1-4-28(25,26)23-11-8-15-18(23)16(20(21)24)12-17(27-13-14(2)3)19(15)22-9-6-5-7-10-22/h8,11-12,14H,4-7,9-10,13H2,1-3H3,(H2,21,24). The molecule has 2 N–H and O–H groups in total. The van der Waals surface area contributed by atoms with Crippen molar-refractivity contribution in [2.24, 2.45) is 11.7 Å². The molecule has 0 unspecified atom stereocenters. The molecule has 0 saturated carbocycles. The van der Waals surface area contributed by atoms with Crippen molar-refractivity contribution in [2.75, 3.05) is 29.5 Å². The van der Waals surface area contributed by atoms with Crippen molar-refractivity contribution in [1.29, 1.82) is 0 Å². The minimum atomic E-state index is -3.54. The summed E-state index contributed by atoms with van der Waals surface area (Å²) < 4.78 is 26.5. The van der Waals surface area contributed by atoms with Crippen molar-refractivity contribution in [3.8, 4) is 0 Å². The third-order valence-electron chi connectivity index (χ3n) is 5.05. The molecule has 1 fully saturated rings. The SMILES string of the molecule is CCS(=O)(=O)n1ccc2c(N3CCCCC3)c(SCC(C)C)cc(C(N)=O)c21. The summed E-state index contributed by atoms with van der Waals surface area (Å²) in [7, 11) is -3.54. The molecule has 2 heterocycles. The van der Waals surface area contributed by atoms with Gasteiger partial charge in [0.1, 0.15) is 0 Å². The van der Waals surface area contributed by atoms with Crippen molar-refractivity contribution >= 4 is 44.3 Å². The molecule has 8 heteroatoms. The van der Waals surface area contributed by atoms with E-state index in [9.17, 15) is 13.2 Å². The topological polar surface area (TPSA) is 85.4 Å². The number of rotatable bonds is 7. The van der Waals surface area contributed by atoms with Gasteiger partial charge in [-0.2, -0.15) is 0 Å². The largest absolute Gasteiger partial charge is 0.370 e. The summed E-state index contributed by atoms with van der Waals surface area (Å²) in [6, 6.07) is 3.61. The Bertz CT molecular complexity index is 974. The Labute approximate surface area is 171 Å². The zero-order valence-corrected chi connectivity index (χ0v) is 18.4. The molecule has 1 saturated heterocycles. The number of anilines is 1. The minimum absolute atomic E-state index is 0.0438. The fourth-order valence-corrected chi connectivity index (χ4v) is 5.73. The van der Waals surface area contributed by atoms with Crippen LogP contribution in [0.5, 0.6) is 0 Å². The van der Waals surface area contributed by atoms with E-state index in [0.717, 1.165) is 47.7 Å². The smallest absolute Gasteiger partial charge is 0.250 e. The maximum Gasteiger partial charge on any atom is 0.250 e. The number of carbonyl (C=O) groups is 1. The molecule has 1 amide bonds. The van der Waals surface area contributed by atoms with Gasteiger partial charge in [0.25, 0.3) is 5.91 Å². The van der Waals surface area contributed by atoms with E-state index in [0.29, 0.717) is 11.4 Å². The zero-order valence-electron chi connectivity index (χ0n) is 16.8. The van der Waals surface area contributed by atoms with Crippen LogP contribution in [0.15, 0.2) is 23.2 Å². The number of piperidine rings is 1. The molecule has 1 aliphatic rings. The van der Waals surface area contributed by atoms with Crippen molar-refractivity contribution in [3.05, 3.63) is 23.9 Å². The molecule has 3 rings (SSSR count). The van der Waals surface area contributed by atoms with E-state index >= 15 is 0 Å². The number of carbonyl (C=O) groups excluding carboxylic acids is 1. The molecular formula is C20H29N3O3S2. The van der Waals surface area contributed by atoms with Crippen LogP contribution in [0, 0.1) is 5.92 Å². The second-order valence-corrected chi connectivity index (χ2v) is 10.9. The molecule has 1 aliphatic heterocycles. The van der Waals surface area contributed by atoms with Crippen LogP contribution in [0.2, 0.25) is 0 Å². The molecular weight excluding hydrogens is 394 g/mol. The summed E-state index contributed by atoms with van der Waals surface area (Å²) in [5, 5.41) is 0.793. The molecule has 0 atom stereocenters. The highest BCUT2D eigenvalue weighted by Crippen LogP contribution is 2.41. The molecule has 1 aromatic heterocycles. The molecule has 1 aromatic carbocycles. The minimum Gasteiger partial charge on any atom is -0.370 e. The number of primary amides is 1. The van der Waals surface area contributed by atoms with Gasteiger partial charge in [-0.1, -0.05) is 13.8 Å². The van der Waals surface area contributed by atoms with Crippen LogP contribution >= 0.6 is 11.8 Å². The van der Waals surface area contributed by atoms with Crippen LogP contribution in [0.1, 0.15) is 50.4 Å². The number of nitrogens with zero attached hydrogens (tertiary/aromatic N) is 2. The lowest BCUT2D eigenvalue weighted by Crippen LogP contribution is -2.30. The molecule has 0 spiro atoms. The van der Waals surface area contributed by atoms with E-state index < -0.39 is 15.9 Å². The Balaban J connectivity index is 2.30. The van der Waals surface area contributed by atoms with Gasteiger partial charge in [0.05, 0.1) is 22.5 Å². The first-order chi connectivity index (χ1) is 13.3. The van der Waals surface area contributed by atoms with Crippen molar-refractivity contribution in [3.63, 3.8) is 0 Å². The average molecular weight is 424 g/mol. The van der Waals surface area contributed by atoms with Crippen molar-refractivity contribution in [1.82, 2.24) is 3.97 Å². The van der Waals surface area contributed by atoms with Gasteiger partial charge in [-0.05, 0) is 44.2 Å². The van der Waals surface area contributed by atoms with Crippen molar-refractivity contribution < 1.29 is 13.2 Å². The van der Waals surface area contributed by atoms with Crippen LogP contribution in [-0.4, -0.2) is 42.9 Å². The van der Waals surface area contributed by atoms with Gasteiger partial charge in [0.15, 0.2) is 0 Å². The third kappa shape index (κ3) is 4.03. The molecule has 0 radical (unpaired) electrons. The van der Waals surface area contributed by atoms with Crippen LogP contribution in [0.3, 0.4) is 0 Å². The Kier molecular flexibility index (Phi) is 6.29. The lowest BCUT2D eigenvalue weighted by atomic mass is 10.1. The summed E-state index contributed by atoms with van der Waals surface area (Å²) in [6.45, 7) is 7.79. The number of thioether (sulfide) groups is 1. The summed E-state index contributed by atoms with van der Waals surface area (Å²) >= 11 is 1.71. The molecule has 28 heavy (non-hydrogen) atoms. The van der Waals surface area contributed by atoms with Crippen molar-refractivity contribution in [2.45, 2.75) is 44.9 Å². The van der Waals surface area contributed by atoms with Gasteiger partial charge < -0.3 is 10.6 Å². The van der Waals surface area contributed by atoms with Crippen LogP contribution in [-0.2, 0) is 10.0 Å². The van der Waals surface area contributed by atoms with Gasteiger partial charge in [-0.25, -0.2) is 12.4 Å². The monoisotopic (exact) mass is 423 g/mol. The van der Waals surface area contributed by atoms with Crippen LogP contribution in [0.25, 0.3) is 10.9 Å². The predicted octanol–water partition coefficient (Wildman–Crippen LogP) is 3.68. The van der Waals surface area contributed by atoms with Gasteiger partial charge in [0.2, 0.25) is 10.0 Å². The van der Waals surface area contributed by atoms with Gasteiger partial charge in [0, 0.05) is 35.3 Å². The number of benzene rings is 1. The van der Waals surface area contributed by atoms with Crippen LogP contribution < -0.4 is 10.6 Å². The quantitative estimate of drug-likeness (QED) is 0.687. The first-order valence-corrected chi connectivity index (χ1v) is 12.4. The third-order valence-corrected chi connectivity index (χ3v) is 8.13. The first kappa shape index (κ1) is 21.0. The Hall–Kier alpha value is -1.67. The van der Waals surface area contributed by atoms with Gasteiger partial charge in [-0.15, -0.1) is 11.8 Å². The number of amides is 1. The van der Waals surface area contributed by atoms with E-state index in [1.807, 2.05) is 6.07 Å². The fourth-order valence-electron chi connectivity index (χ4n) is 3.64. The highest BCUT2D eigenvalue weighted by molar-refractivity contribution is 7.99. The van der Waals surface area contributed by atoms with E-state index in [4.69, 9.17) is 5.73 Å². The average Bonchev–Trinajstić information content (AvgIpc) is 3.11. The molecule has 6 nitrogen and oxygen atoms in total. The number of hydrogen-bond donors (Lipinski definition) is 1. The second kappa shape index (κ2) is 8.37. The maximum absolute atomic E-state index is 12.6. The summed E-state index contributed by atoms with van der Waals surface area (Å²) in [4.78, 5) is 15.6. The highest BCUT2D eigenvalue weighted by Gasteiger charge is 2.26. The second-order valence-electron chi connectivity index (χ2n) is 7.66. The number of hydrogen-bond acceptors (Lipinski definition) is 5. The molecule has 0 aliphatic carbocycles. The summed E-state index contributed by atoms with van der Waals surface area (Å²) in [5.41, 5.74) is 7.39. The molecule has 0 bridgehead atoms. The first-order valence-electron chi connectivity index (χ1n) is 9.85. The van der Waals surface area contributed by atoms with E-state index in [1.165, 1.54) is 10.4 Å². The Morgan fingerprint density at radius 2 is 1.93 bits per heavy atom. The summed E-state index contributed by atoms with van der Waals surface area (Å²) in [6.07, 6.45) is 4.99. The van der Waals surface area contributed by atoms with E-state index in [-0.39, 0.29) is 11.3 Å². The van der Waals surface area contributed by atoms with E-state index in [1.54, 1.807) is 30.9 Å². The fraction of sp³-hybridized carbons (Fsp3) is 0.550. The highest BCUT2D eigenvalue weighted by atomic mass is 32.2. The maximum atomic E-state index is 12.6. The van der Waals surface area contributed by atoms with E-state index in [2.05, 4.69) is 18.7 Å². The van der Waals surface area contributed by atoms with Crippen LogP contribution in [0.4, 0.5) is 5.69 Å². The molecule has 154 valence electrons. The number of nitrogens with two attached hydrogens (primary N) is 1. The normalized spacial score (nSPS) is 15.5.